The van der Waals surface area contributed by atoms with Crippen LogP contribution in [-0.4, -0.2) is 12.1 Å². The third-order valence-electron chi connectivity index (χ3n) is 2.31. The van der Waals surface area contributed by atoms with Gasteiger partial charge in [-0.25, -0.2) is 0 Å². The largest absolute Gasteiger partial charge is 0.311 e. The molecule has 1 N–H and O–H groups in total. The van der Waals surface area contributed by atoms with Crippen LogP contribution in [0.3, 0.4) is 0 Å². The van der Waals surface area contributed by atoms with Gasteiger partial charge < -0.3 is 5.32 Å². The van der Waals surface area contributed by atoms with Crippen molar-refractivity contribution in [3.8, 4) is 0 Å². The topological polar surface area (TPSA) is 12.0 Å². The molecule has 54 valence electrons. The van der Waals surface area contributed by atoms with Crippen molar-refractivity contribution in [2.24, 2.45) is 0 Å². The molecule has 0 bridgehead atoms. The summed E-state index contributed by atoms with van der Waals surface area (Å²) >= 11 is 0. The quantitative estimate of drug-likeness (QED) is 0.611. The lowest BCUT2D eigenvalue weighted by atomic mass is 9.85. The van der Waals surface area contributed by atoms with E-state index in [4.69, 9.17) is 0 Å². The molecule has 0 aromatic rings. The molecule has 1 aliphatic heterocycles. The van der Waals surface area contributed by atoms with Gasteiger partial charge in [-0.2, -0.15) is 0 Å². The molecule has 1 fully saturated rings. The average Bonchev–Trinajstić information content (AvgIpc) is 1.79. The van der Waals surface area contributed by atoms with Crippen LogP contribution in [-0.2, 0) is 0 Å². The van der Waals surface area contributed by atoms with Gasteiger partial charge >= 0.3 is 0 Å². The lowest BCUT2D eigenvalue weighted by Gasteiger charge is -2.40. The second kappa shape index (κ2) is 2.70. The summed E-state index contributed by atoms with van der Waals surface area (Å²) in [4.78, 5) is 0. The summed E-state index contributed by atoms with van der Waals surface area (Å²) in [6, 6.07) is 0. The first-order valence-corrected chi connectivity index (χ1v) is 4.02. The minimum absolute atomic E-state index is 0.524. The van der Waals surface area contributed by atoms with E-state index in [2.05, 4.69) is 19.2 Å². The first-order valence-electron chi connectivity index (χ1n) is 4.02. The molecule has 0 aromatic carbocycles. The number of hydrogen-bond donors (Lipinski definition) is 1. The lowest BCUT2D eigenvalue weighted by molar-refractivity contribution is 0.211. The molecule has 1 saturated heterocycles. The molecule has 1 heteroatoms. The maximum atomic E-state index is 3.46. The van der Waals surface area contributed by atoms with E-state index < -0.39 is 0 Å². The normalized spacial score (nSPS) is 34.0. The molecule has 0 saturated carbocycles. The minimum Gasteiger partial charge on any atom is -0.311 e. The molecular weight excluding hydrogens is 110 g/mol. The van der Waals surface area contributed by atoms with Gasteiger partial charge in [0.15, 0.2) is 0 Å². The van der Waals surface area contributed by atoms with E-state index in [9.17, 15) is 0 Å². The summed E-state index contributed by atoms with van der Waals surface area (Å²) in [6.07, 6.45) is 5.46. The van der Waals surface area contributed by atoms with Crippen LogP contribution in [0.4, 0.5) is 0 Å². The molecule has 1 nitrogen and oxygen atoms in total. The lowest BCUT2D eigenvalue weighted by Crippen LogP contribution is -2.54. The van der Waals surface area contributed by atoms with Gasteiger partial charge in [0.25, 0.3) is 0 Å². The van der Waals surface area contributed by atoms with Gasteiger partial charge in [0.2, 0.25) is 0 Å². The van der Waals surface area contributed by atoms with Crippen molar-refractivity contribution in [1.82, 2.24) is 5.32 Å². The molecule has 1 atom stereocenters. The monoisotopic (exact) mass is 127 g/mol. The van der Waals surface area contributed by atoms with Crippen LogP contribution in [0, 0.1) is 0 Å². The third-order valence-corrected chi connectivity index (χ3v) is 2.31. The maximum Gasteiger partial charge on any atom is 0.0165 e. The van der Waals surface area contributed by atoms with E-state index in [-0.39, 0.29) is 0 Å². The molecule has 1 rings (SSSR count). The fourth-order valence-corrected chi connectivity index (χ4v) is 1.33. The number of rotatable bonds is 3. The van der Waals surface area contributed by atoms with Gasteiger partial charge in [0.05, 0.1) is 0 Å². The van der Waals surface area contributed by atoms with Gasteiger partial charge in [-0.05, 0) is 26.3 Å². The fraction of sp³-hybridized carbons (Fsp3) is 1.00. The Balaban J connectivity index is 2.09. The average molecular weight is 127 g/mol. The van der Waals surface area contributed by atoms with E-state index in [1.165, 1.54) is 32.2 Å². The number of unbranched alkanes of at least 4 members (excludes halogenated alkanes) is 1. The molecule has 1 aliphatic rings. The summed E-state index contributed by atoms with van der Waals surface area (Å²) < 4.78 is 0. The molecule has 0 radical (unpaired) electrons. The van der Waals surface area contributed by atoms with Gasteiger partial charge in [0, 0.05) is 5.54 Å². The molecule has 0 spiro atoms. The highest BCUT2D eigenvalue weighted by molar-refractivity contribution is 4.91. The molecule has 0 aliphatic carbocycles. The first-order chi connectivity index (χ1) is 4.27. The molecule has 0 amide bonds. The minimum atomic E-state index is 0.524. The zero-order valence-electron chi connectivity index (χ0n) is 6.54. The Morgan fingerprint density at radius 1 is 1.56 bits per heavy atom. The van der Waals surface area contributed by atoms with Crippen molar-refractivity contribution < 1.29 is 0 Å². The Kier molecular flexibility index (Phi) is 2.12. The van der Waals surface area contributed by atoms with Gasteiger partial charge in [0.1, 0.15) is 0 Å². The fourth-order valence-electron chi connectivity index (χ4n) is 1.33. The summed E-state index contributed by atoms with van der Waals surface area (Å²) in [5, 5.41) is 3.46. The number of hydrogen-bond acceptors (Lipinski definition) is 1. The van der Waals surface area contributed by atoms with E-state index in [1.807, 2.05) is 0 Å². The highest BCUT2D eigenvalue weighted by Crippen LogP contribution is 2.23. The smallest absolute Gasteiger partial charge is 0.0165 e. The molecule has 1 heterocycles. The van der Waals surface area contributed by atoms with Crippen LogP contribution in [0.1, 0.15) is 39.5 Å². The van der Waals surface area contributed by atoms with Gasteiger partial charge in [-0.1, -0.05) is 19.8 Å². The van der Waals surface area contributed by atoms with Crippen LogP contribution in [0.25, 0.3) is 0 Å². The molecule has 0 aromatic heterocycles. The SMILES string of the molecule is CCCC[C@@]1(C)CCN1. The van der Waals surface area contributed by atoms with Crippen molar-refractivity contribution in [3.63, 3.8) is 0 Å². The standard InChI is InChI=1S/C8H17N/c1-3-4-5-8(2)6-7-9-8/h9H,3-7H2,1-2H3/t8-/m0/s1. The van der Waals surface area contributed by atoms with Crippen molar-refractivity contribution in [2.75, 3.05) is 6.54 Å². The van der Waals surface area contributed by atoms with Crippen LogP contribution in [0.2, 0.25) is 0 Å². The van der Waals surface area contributed by atoms with E-state index in [1.54, 1.807) is 0 Å². The second-order valence-electron chi connectivity index (χ2n) is 3.34. The van der Waals surface area contributed by atoms with Crippen molar-refractivity contribution >= 4 is 0 Å². The highest BCUT2D eigenvalue weighted by atomic mass is 15.0. The van der Waals surface area contributed by atoms with Crippen molar-refractivity contribution in [2.45, 2.75) is 45.1 Å². The first kappa shape index (κ1) is 7.07. The van der Waals surface area contributed by atoms with Gasteiger partial charge in [-0.15, -0.1) is 0 Å². The van der Waals surface area contributed by atoms with Crippen molar-refractivity contribution in [3.05, 3.63) is 0 Å². The van der Waals surface area contributed by atoms with Gasteiger partial charge in [-0.3, -0.25) is 0 Å². The zero-order chi connectivity index (χ0) is 6.74. The Bertz CT molecular complexity index is 84.6. The molecular formula is C8H17N. The summed E-state index contributed by atoms with van der Waals surface area (Å²) in [6.45, 7) is 5.81. The summed E-state index contributed by atoms with van der Waals surface area (Å²) in [7, 11) is 0. The van der Waals surface area contributed by atoms with Crippen LogP contribution in [0.15, 0.2) is 0 Å². The zero-order valence-corrected chi connectivity index (χ0v) is 6.54. The van der Waals surface area contributed by atoms with Crippen LogP contribution >= 0.6 is 0 Å². The third kappa shape index (κ3) is 1.68. The molecule has 0 unspecified atom stereocenters. The predicted octanol–water partition coefficient (Wildman–Crippen LogP) is 1.93. The molecule has 9 heavy (non-hydrogen) atoms. The Hall–Kier alpha value is -0.0400. The summed E-state index contributed by atoms with van der Waals surface area (Å²) in [5.41, 5.74) is 0.524. The van der Waals surface area contributed by atoms with Crippen LogP contribution in [0.5, 0.6) is 0 Å². The van der Waals surface area contributed by atoms with E-state index in [0.717, 1.165) is 0 Å². The predicted molar refractivity (Wildman–Crippen MR) is 40.5 cm³/mol. The van der Waals surface area contributed by atoms with Crippen LogP contribution < -0.4 is 5.32 Å². The highest BCUT2D eigenvalue weighted by Gasteiger charge is 2.29. The number of nitrogens with one attached hydrogen (secondary N) is 1. The maximum absolute atomic E-state index is 3.46. The second-order valence-corrected chi connectivity index (χ2v) is 3.34. The Morgan fingerprint density at radius 2 is 2.22 bits per heavy atom. The van der Waals surface area contributed by atoms with E-state index in [0.29, 0.717) is 5.54 Å². The Morgan fingerprint density at radius 3 is 2.56 bits per heavy atom. The van der Waals surface area contributed by atoms with E-state index >= 15 is 0 Å². The summed E-state index contributed by atoms with van der Waals surface area (Å²) in [5.74, 6) is 0. The Labute approximate surface area is 57.8 Å². The van der Waals surface area contributed by atoms with Crippen molar-refractivity contribution in [1.29, 1.82) is 0 Å².